The molecular weight excluding hydrogens is 224 g/mol. The van der Waals surface area contributed by atoms with E-state index in [-0.39, 0.29) is 11.7 Å². The molecule has 0 radical (unpaired) electrons. The van der Waals surface area contributed by atoms with Crippen molar-refractivity contribution in [1.29, 1.82) is 0 Å². The average molecular weight is 244 g/mol. The van der Waals surface area contributed by atoms with Gasteiger partial charge in [-0.1, -0.05) is 13.2 Å². The Balaban J connectivity index is 0. The van der Waals surface area contributed by atoms with Gasteiger partial charge in [0, 0.05) is 12.1 Å². The first-order valence-corrected chi connectivity index (χ1v) is 4.83. The molecule has 17 heavy (non-hydrogen) atoms. The van der Waals surface area contributed by atoms with Gasteiger partial charge in [0.25, 0.3) is 0 Å². The Labute approximate surface area is 101 Å². The van der Waals surface area contributed by atoms with Crippen LogP contribution in [0.15, 0.2) is 24.4 Å². The third-order valence-corrected chi connectivity index (χ3v) is 1.39. The molecule has 0 rings (SSSR count). The third kappa shape index (κ3) is 14.2. The van der Waals surface area contributed by atoms with E-state index in [0.717, 1.165) is 6.54 Å². The first-order valence-electron chi connectivity index (χ1n) is 4.83. The van der Waals surface area contributed by atoms with Gasteiger partial charge in [-0.05, 0) is 21.0 Å². The van der Waals surface area contributed by atoms with Crippen LogP contribution < -0.4 is 5.73 Å². The normalized spacial score (nSPS) is 8.94. The molecular formula is C11H20N2O4. The van der Waals surface area contributed by atoms with Gasteiger partial charge in [0.15, 0.2) is 0 Å². The number of hydrogen-bond acceptors (Lipinski definition) is 5. The zero-order chi connectivity index (χ0) is 14.0. The Morgan fingerprint density at radius 3 is 2.00 bits per heavy atom. The second kappa shape index (κ2) is 9.41. The lowest BCUT2D eigenvalue weighted by atomic mass is 10.4. The summed E-state index contributed by atoms with van der Waals surface area (Å²) in [6.45, 7) is 9.21. The van der Waals surface area contributed by atoms with Crippen LogP contribution in [0.5, 0.6) is 0 Å². The molecule has 0 aliphatic carbocycles. The monoisotopic (exact) mass is 244 g/mol. The van der Waals surface area contributed by atoms with Gasteiger partial charge in [0.1, 0.15) is 12.3 Å². The number of hydrogen-bond donors (Lipinski definition) is 2. The van der Waals surface area contributed by atoms with Crippen LogP contribution in [0.3, 0.4) is 0 Å². The highest BCUT2D eigenvalue weighted by atomic mass is 16.5. The first-order chi connectivity index (χ1) is 7.68. The van der Waals surface area contributed by atoms with Gasteiger partial charge < -0.3 is 20.5 Å². The molecule has 0 saturated heterocycles. The summed E-state index contributed by atoms with van der Waals surface area (Å²) < 4.78 is 4.83. The molecule has 0 aromatic carbocycles. The number of nitrogens with zero attached hydrogens (tertiary/aromatic N) is 1. The van der Waals surface area contributed by atoms with Crippen LogP contribution in [0.2, 0.25) is 0 Å². The summed E-state index contributed by atoms with van der Waals surface area (Å²) >= 11 is 0. The van der Waals surface area contributed by atoms with E-state index in [1.165, 1.54) is 0 Å². The molecule has 3 N–H and O–H groups in total. The zero-order valence-corrected chi connectivity index (χ0v) is 10.5. The number of esters is 1. The SMILES string of the molecule is C=C(C)C(=O)OCCN(C)C.C=C(N)C(=O)O. The summed E-state index contributed by atoms with van der Waals surface area (Å²) in [6.07, 6.45) is 0. The van der Waals surface area contributed by atoms with E-state index in [1.807, 2.05) is 19.0 Å². The Bertz CT molecular complexity index is 286. The van der Waals surface area contributed by atoms with E-state index >= 15 is 0 Å². The quantitative estimate of drug-likeness (QED) is 0.530. The highest BCUT2D eigenvalue weighted by Crippen LogP contribution is 1.91. The third-order valence-electron chi connectivity index (χ3n) is 1.39. The van der Waals surface area contributed by atoms with Gasteiger partial charge in [-0.3, -0.25) is 0 Å². The number of ether oxygens (including phenoxy) is 1. The van der Waals surface area contributed by atoms with Crippen molar-refractivity contribution in [3.8, 4) is 0 Å². The summed E-state index contributed by atoms with van der Waals surface area (Å²) in [6, 6.07) is 0. The lowest BCUT2D eigenvalue weighted by Crippen LogP contribution is -2.20. The van der Waals surface area contributed by atoms with Gasteiger partial charge >= 0.3 is 11.9 Å². The smallest absolute Gasteiger partial charge is 0.351 e. The van der Waals surface area contributed by atoms with Crippen molar-refractivity contribution in [3.05, 3.63) is 24.4 Å². The Morgan fingerprint density at radius 1 is 1.35 bits per heavy atom. The number of carbonyl (C=O) groups excluding carboxylic acids is 1. The van der Waals surface area contributed by atoms with Gasteiger partial charge in [0.05, 0.1) is 0 Å². The van der Waals surface area contributed by atoms with Gasteiger partial charge in [0.2, 0.25) is 0 Å². The molecule has 0 aliphatic heterocycles. The molecule has 0 saturated carbocycles. The topological polar surface area (TPSA) is 92.9 Å². The van der Waals surface area contributed by atoms with Crippen molar-refractivity contribution >= 4 is 11.9 Å². The van der Waals surface area contributed by atoms with Crippen molar-refractivity contribution < 1.29 is 19.4 Å². The van der Waals surface area contributed by atoms with Crippen molar-refractivity contribution in [1.82, 2.24) is 4.90 Å². The van der Waals surface area contributed by atoms with Crippen molar-refractivity contribution in [3.63, 3.8) is 0 Å². The number of nitrogens with two attached hydrogens (primary N) is 1. The van der Waals surface area contributed by atoms with Gasteiger partial charge in [-0.15, -0.1) is 0 Å². The second-order valence-corrected chi connectivity index (χ2v) is 3.55. The summed E-state index contributed by atoms with van der Waals surface area (Å²) in [4.78, 5) is 22.2. The number of carbonyl (C=O) groups is 2. The molecule has 6 heteroatoms. The van der Waals surface area contributed by atoms with Crippen LogP contribution in [0.1, 0.15) is 6.92 Å². The van der Waals surface area contributed by atoms with E-state index in [4.69, 9.17) is 9.84 Å². The Hall–Kier alpha value is -1.82. The minimum atomic E-state index is -1.16. The predicted octanol–water partition coefficient (Wildman–Crippen LogP) is 0.211. The molecule has 0 amide bonds. The number of aliphatic carboxylic acids is 1. The van der Waals surface area contributed by atoms with E-state index < -0.39 is 5.97 Å². The number of likely N-dealkylation sites (N-methyl/N-ethyl adjacent to an activating group) is 1. The fourth-order valence-electron chi connectivity index (χ4n) is 0.444. The Kier molecular flexibility index (Phi) is 9.73. The van der Waals surface area contributed by atoms with E-state index in [1.54, 1.807) is 6.92 Å². The van der Waals surface area contributed by atoms with Crippen LogP contribution in [-0.2, 0) is 14.3 Å². The summed E-state index contributed by atoms with van der Waals surface area (Å²) in [7, 11) is 3.85. The lowest BCUT2D eigenvalue weighted by molar-refractivity contribution is -0.139. The minimum absolute atomic E-state index is 0.313. The summed E-state index contributed by atoms with van der Waals surface area (Å²) in [5.41, 5.74) is 4.77. The van der Waals surface area contributed by atoms with E-state index in [0.29, 0.717) is 12.2 Å². The molecule has 0 spiro atoms. The summed E-state index contributed by atoms with van der Waals surface area (Å²) in [5.74, 6) is -1.47. The molecule has 0 fully saturated rings. The van der Waals surface area contributed by atoms with E-state index in [9.17, 15) is 9.59 Å². The van der Waals surface area contributed by atoms with Crippen LogP contribution in [0.4, 0.5) is 0 Å². The number of carboxylic acids is 1. The molecule has 98 valence electrons. The maximum Gasteiger partial charge on any atom is 0.351 e. The molecule has 6 nitrogen and oxygen atoms in total. The van der Waals surface area contributed by atoms with Crippen LogP contribution in [-0.4, -0.2) is 49.2 Å². The molecule has 0 aromatic heterocycles. The number of carboxylic acid groups (broad SMARTS) is 1. The van der Waals surface area contributed by atoms with Gasteiger partial charge in [-0.25, -0.2) is 9.59 Å². The highest BCUT2D eigenvalue weighted by Gasteiger charge is 2.01. The average Bonchev–Trinajstić information content (AvgIpc) is 2.17. The molecule has 0 aliphatic rings. The minimum Gasteiger partial charge on any atom is -0.477 e. The first kappa shape index (κ1) is 17.6. The lowest BCUT2D eigenvalue weighted by Gasteiger charge is -2.09. The molecule has 0 heterocycles. The maximum absolute atomic E-state index is 10.8. The largest absolute Gasteiger partial charge is 0.477 e. The molecule has 0 atom stereocenters. The fourth-order valence-corrected chi connectivity index (χ4v) is 0.444. The van der Waals surface area contributed by atoms with Crippen molar-refractivity contribution in [2.24, 2.45) is 5.73 Å². The fraction of sp³-hybridized carbons (Fsp3) is 0.455. The van der Waals surface area contributed by atoms with Crippen molar-refractivity contribution in [2.75, 3.05) is 27.2 Å². The number of rotatable bonds is 5. The van der Waals surface area contributed by atoms with E-state index in [2.05, 4.69) is 18.9 Å². The highest BCUT2D eigenvalue weighted by molar-refractivity contribution is 5.86. The molecule has 0 unspecified atom stereocenters. The van der Waals surface area contributed by atoms with Crippen LogP contribution in [0.25, 0.3) is 0 Å². The summed E-state index contributed by atoms with van der Waals surface area (Å²) in [5, 5.41) is 7.77. The van der Waals surface area contributed by atoms with Crippen molar-refractivity contribution in [2.45, 2.75) is 6.92 Å². The van der Waals surface area contributed by atoms with Crippen LogP contribution in [0, 0.1) is 0 Å². The predicted molar refractivity (Wildman–Crippen MR) is 65.3 cm³/mol. The van der Waals surface area contributed by atoms with Crippen LogP contribution >= 0.6 is 0 Å². The molecule has 0 bridgehead atoms. The van der Waals surface area contributed by atoms with Gasteiger partial charge in [-0.2, -0.15) is 0 Å². The second-order valence-electron chi connectivity index (χ2n) is 3.55. The Morgan fingerprint density at radius 2 is 1.76 bits per heavy atom. The molecule has 0 aromatic rings. The maximum atomic E-state index is 10.8. The zero-order valence-electron chi connectivity index (χ0n) is 10.5. The standard InChI is InChI=1S/C8H15NO2.C3H5NO2/c1-7(2)8(10)11-6-5-9(3)4;1-2(4)3(5)6/h1,5-6H2,2-4H3;1,4H2,(H,5,6).